The number of amides is 2. The second-order valence-corrected chi connectivity index (χ2v) is 7.12. The molecular weight excluding hydrogens is 403 g/mol. The van der Waals surface area contributed by atoms with E-state index < -0.39 is 47.6 Å². The van der Waals surface area contributed by atoms with E-state index in [1.807, 2.05) is 0 Å². The molecule has 30 heavy (non-hydrogen) atoms. The van der Waals surface area contributed by atoms with Gasteiger partial charge in [-0.3, -0.25) is 14.5 Å². The lowest BCUT2D eigenvalue weighted by molar-refractivity contribution is -0.607. The fourth-order valence-corrected chi connectivity index (χ4v) is 3.37. The van der Waals surface area contributed by atoms with Crippen molar-refractivity contribution in [3.05, 3.63) is 58.9 Å². The first-order chi connectivity index (χ1) is 14.1. The van der Waals surface area contributed by atoms with Crippen molar-refractivity contribution in [3.63, 3.8) is 0 Å². The number of rotatable bonds is 5. The molecule has 1 aliphatic heterocycles. The zero-order valence-corrected chi connectivity index (χ0v) is 16.0. The van der Waals surface area contributed by atoms with Gasteiger partial charge in [0.05, 0.1) is 18.2 Å². The molecule has 0 spiro atoms. The fourth-order valence-electron chi connectivity index (χ4n) is 3.37. The topological polar surface area (TPSA) is 115 Å². The summed E-state index contributed by atoms with van der Waals surface area (Å²) in [5.41, 5.74) is 4.78. The van der Waals surface area contributed by atoms with Crippen molar-refractivity contribution < 1.29 is 27.5 Å². The third-order valence-electron chi connectivity index (χ3n) is 5.16. The van der Waals surface area contributed by atoms with Gasteiger partial charge in [0, 0.05) is 31.6 Å². The van der Waals surface area contributed by atoms with E-state index in [-0.39, 0.29) is 29.2 Å². The van der Waals surface area contributed by atoms with E-state index in [2.05, 4.69) is 10.3 Å². The summed E-state index contributed by atoms with van der Waals surface area (Å²) in [5.74, 6) is -6.37. The fraction of sp³-hybridized carbons (Fsp3) is 0.368. The lowest BCUT2D eigenvalue weighted by Crippen LogP contribution is -2.52. The Hall–Kier alpha value is -3.21. The standard InChI is InChI=1S/C19H20F3N5O3/c1-11(18(29)25-16-3-2-13(20)9-24-16)26-7-5-19(21,22)14(10-26)12-4-6-27(30)15(8-12)17(23)28/h2-4,6,8-9,11,14H,5,7,10H2,1H3,(H2,23,28)(H,24,25,29)/t11-,14+/m0/s1. The van der Waals surface area contributed by atoms with Crippen LogP contribution in [0.4, 0.5) is 19.0 Å². The van der Waals surface area contributed by atoms with Gasteiger partial charge in [-0.15, -0.1) is 0 Å². The summed E-state index contributed by atoms with van der Waals surface area (Å²) in [4.78, 5) is 29.2. The van der Waals surface area contributed by atoms with Crippen molar-refractivity contribution in [2.45, 2.75) is 31.2 Å². The minimum Gasteiger partial charge on any atom is -0.618 e. The molecule has 0 aliphatic carbocycles. The number of aromatic nitrogens is 2. The zero-order chi connectivity index (χ0) is 22.1. The predicted octanol–water partition coefficient (Wildman–Crippen LogP) is 1.40. The van der Waals surface area contributed by atoms with E-state index in [9.17, 15) is 28.0 Å². The average Bonchev–Trinajstić information content (AvgIpc) is 2.69. The summed E-state index contributed by atoms with van der Waals surface area (Å²) in [6.07, 6.45) is 1.40. The minimum atomic E-state index is -3.10. The molecule has 1 aliphatic rings. The van der Waals surface area contributed by atoms with Gasteiger partial charge in [-0.05, 0) is 24.6 Å². The monoisotopic (exact) mass is 423 g/mol. The number of carbonyl (C=O) groups is 2. The maximum atomic E-state index is 14.6. The zero-order valence-electron chi connectivity index (χ0n) is 16.0. The molecule has 3 N–H and O–H groups in total. The molecule has 0 bridgehead atoms. The molecule has 0 saturated carbocycles. The number of nitrogens with one attached hydrogen (secondary N) is 1. The van der Waals surface area contributed by atoms with Crippen LogP contribution < -0.4 is 15.8 Å². The van der Waals surface area contributed by atoms with Crippen LogP contribution in [-0.4, -0.2) is 46.8 Å². The number of nitrogens with two attached hydrogens (primary N) is 1. The van der Waals surface area contributed by atoms with Gasteiger partial charge in [0.2, 0.25) is 5.91 Å². The summed E-state index contributed by atoms with van der Waals surface area (Å²) >= 11 is 0. The first-order valence-electron chi connectivity index (χ1n) is 9.15. The Bertz CT molecular complexity index is 955. The van der Waals surface area contributed by atoms with Gasteiger partial charge in [-0.25, -0.2) is 18.2 Å². The van der Waals surface area contributed by atoms with Crippen molar-refractivity contribution in [1.29, 1.82) is 0 Å². The van der Waals surface area contributed by atoms with Crippen molar-refractivity contribution in [1.82, 2.24) is 9.88 Å². The van der Waals surface area contributed by atoms with Crippen molar-refractivity contribution >= 4 is 17.6 Å². The SMILES string of the molecule is C[C@@H](C(=O)Nc1ccc(F)cn1)N1CCC(F)(F)[C@@H](c2cc[n+]([O-])c(C(N)=O)c2)C1. The molecule has 0 radical (unpaired) electrons. The highest BCUT2D eigenvalue weighted by Crippen LogP contribution is 2.40. The van der Waals surface area contributed by atoms with E-state index >= 15 is 0 Å². The molecule has 2 amide bonds. The van der Waals surface area contributed by atoms with Crippen LogP contribution in [0.3, 0.4) is 0 Å². The summed E-state index contributed by atoms with van der Waals surface area (Å²) in [7, 11) is 0. The Morgan fingerprint density at radius 2 is 2.13 bits per heavy atom. The van der Waals surface area contributed by atoms with Crippen LogP contribution in [0.25, 0.3) is 0 Å². The molecule has 11 heteroatoms. The number of hydrogen-bond donors (Lipinski definition) is 2. The molecule has 3 heterocycles. The summed E-state index contributed by atoms with van der Waals surface area (Å²) in [5, 5.41) is 14.2. The van der Waals surface area contributed by atoms with E-state index in [0.717, 1.165) is 24.5 Å². The molecule has 0 unspecified atom stereocenters. The number of alkyl halides is 2. The first-order valence-corrected chi connectivity index (χ1v) is 9.15. The summed E-state index contributed by atoms with van der Waals surface area (Å²) in [6.45, 7) is 1.34. The van der Waals surface area contributed by atoms with Crippen LogP contribution in [0, 0.1) is 11.0 Å². The van der Waals surface area contributed by atoms with Crippen LogP contribution in [0.5, 0.6) is 0 Å². The number of likely N-dealkylation sites (tertiary alicyclic amines) is 1. The number of nitrogens with zero attached hydrogens (tertiary/aromatic N) is 3. The maximum absolute atomic E-state index is 14.6. The smallest absolute Gasteiger partial charge is 0.314 e. The van der Waals surface area contributed by atoms with E-state index in [1.54, 1.807) is 11.8 Å². The molecule has 0 aromatic carbocycles. The maximum Gasteiger partial charge on any atom is 0.314 e. The highest BCUT2D eigenvalue weighted by atomic mass is 19.3. The molecule has 1 fully saturated rings. The number of piperidine rings is 1. The predicted molar refractivity (Wildman–Crippen MR) is 100 cm³/mol. The highest BCUT2D eigenvalue weighted by molar-refractivity contribution is 5.93. The average molecular weight is 423 g/mol. The number of anilines is 1. The second kappa shape index (κ2) is 8.27. The minimum absolute atomic E-state index is 0.0357. The number of hydrogen-bond acceptors (Lipinski definition) is 5. The van der Waals surface area contributed by atoms with Crippen molar-refractivity contribution in [2.75, 3.05) is 18.4 Å². The molecule has 8 nitrogen and oxygen atoms in total. The molecule has 2 aromatic heterocycles. The summed E-state index contributed by atoms with van der Waals surface area (Å²) in [6, 6.07) is 3.93. The molecular formula is C19H20F3N5O3. The molecule has 160 valence electrons. The van der Waals surface area contributed by atoms with Crippen LogP contribution in [0.2, 0.25) is 0 Å². The summed E-state index contributed by atoms with van der Waals surface area (Å²) < 4.78 is 42.4. The van der Waals surface area contributed by atoms with E-state index in [0.29, 0.717) is 0 Å². The van der Waals surface area contributed by atoms with Crippen LogP contribution in [0.15, 0.2) is 36.7 Å². The van der Waals surface area contributed by atoms with Crippen molar-refractivity contribution in [2.24, 2.45) is 5.73 Å². The third-order valence-corrected chi connectivity index (χ3v) is 5.16. The largest absolute Gasteiger partial charge is 0.618 e. The quantitative estimate of drug-likeness (QED) is 0.557. The van der Waals surface area contributed by atoms with Crippen LogP contribution in [-0.2, 0) is 4.79 Å². The second-order valence-electron chi connectivity index (χ2n) is 7.12. The lowest BCUT2D eigenvalue weighted by atomic mass is 9.86. The van der Waals surface area contributed by atoms with Gasteiger partial charge in [-0.1, -0.05) is 0 Å². The Kier molecular flexibility index (Phi) is 5.92. The number of carbonyl (C=O) groups excluding carboxylic acids is 2. The lowest BCUT2D eigenvalue weighted by Gasteiger charge is -2.40. The number of primary amides is 1. The van der Waals surface area contributed by atoms with Gasteiger partial charge in [0.25, 0.3) is 11.6 Å². The molecule has 3 rings (SSSR count). The van der Waals surface area contributed by atoms with Crippen molar-refractivity contribution in [3.8, 4) is 0 Å². The normalized spacial score (nSPS) is 19.8. The van der Waals surface area contributed by atoms with Gasteiger partial charge in [0.1, 0.15) is 11.6 Å². The van der Waals surface area contributed by atoms with Gasteiger partial charge >= 0.3 is 5.91 Å². The van der Waals surface area contributed by atoms with E-state index in [4.69, 9.17) is 5.73 Å². The molecule has 2 aromatic rings. The number of halogens is 3. The highest BCUT2D eigenvalue weighted by Gasteiger charge is 2.46. The van der Waals surface area contributed by atoms with Gasteiger partial charge < -0.3 is 16.3 Å². The Labute approximate surface area is 170 Å². The van der Waals surface area contributed by atoms with Gasteiger partial charge in [0.15, 0.2) is 6.20 Å². The molecule has 2 atom stereocenters. The van der Waals surface area contributed by atoms with E-state index in [1.165, 1.54) is 12.1 Å². The van der Waals surface area contributed by atoms with Crippen LogP contribution in [0.1, 0.15) is 35.3 Å². The van der Waals surface area contributed by atoms with Gasteiger partial charge in [-0.2, -0.15) is 4.73 Å². The van der Waals surface area contributed by atoms with Crippen LogP contribution >= 0.6 is 0 Å². The Balaban J connectivity index is 1.78. The first kappa shape index (κ1) is 21.5. The number of pyridine rings is 2. The third kappa shape index (κ3) is 4.51. The Morgan fingerprint density at radius 1 is 1.40 bits per heavy atom. The molecule has 1 saturated heterocycles. The Morgan fingerprint density at radius 3 is 2.77 bits per heavy atom.